The minimum atomic E-state index is 0.342. The molecule has 4 heteroatoms. The van der Waals surface area contributed by atoms with Crippen molar-refractivity contribution in [2.45, 2.75) is 38.5 Å². The van der Waals surface area contributed by atoms with E-state index in [4.69, 9.17) is 0 Å². The Balaban J connectivity index is 2.17. The first-order valence-electron chi connectivity index (χ1n) is 7.40. The summed E-state index contributed by atoms with van der Waals surface area (Å²) < 4.78 is 1.51. The van der Waals surface area contributed by atoms with Gasteiger partial charge in [0.1, 0.15) is 0 Å². The van der Waals surface area contributed by atoms with Crippen LogP contribution in [0.15, 0.2) is 22.7 Å². The number of rotatable bonds is 5. The Hall–Kier alpha value is -0.190. The van der Waals surface area contributed by atoms with Crippen LogP contribution in [0.5, 0.6) is 0 Å². The monoisotopic (exact) mass is 356 g/mol. The van der Waals surface area contributed by atoms with Crippen LogP contribution in [-0.4, -0.2) is 30.1 Å². The lowest BCUT2D eigenvalue weighted by molar-refractivity contribution is 0.637. The summed E-state index contributed by atoms with van der Waals surface area (Å²) in [5, 5.41) is 3.52. The first kappa shape index (κ1) is 16.2. The molecule has 1 N–H and O–H groups in total. The zero-order valence-corrected chi connectivity index (χ0v) is 15.1. The Morgan fingerprint density at radius 2 is 2.20 bits per heavy atom. The molecule has 1 heterocycles. The molecule has 0 saturated carbocycles. The third-order valence-corrected chi connectivity index (χ3v) is 5.35. The van der Waals surface area contributed by atoms with Gasteiger partial charge in [0.2, 0.25) is 0 Å². The molecule has 1 aromatic carbocycles. The topological polar surface area (TPSA) is 15.3 Å². The summed E-state index contributed by atoms with van der Waals surface area (Å²) in [6, 6.07) is 6.67. The number of hydrogen-bond acceptors (Lipinski definition) is 3. The quantitative estimate of drug-likeness (QED) is 0.792. The van der Waals surface area contributed by atoms with Crippen molar-refractivity contribution in [3.05, 3.63) is 28.2 Å². The van der Waals surface area contributed by atoms with Gasteiger partial charge in [-0.05, 0) is 44.5 Å². The lowest BCUT2D eigenvalue weighted by Crippen LogP contribution is -2.43. The summed E-state index contributed by atoms with van der Waals surface area (Å²) in [6.45, 7) is 11.2. The van der Waals surface area contributed by atoms with Crippen molar-refractivity contribution in [3.63, 3.8) is 0 Å². The van der Waals surface area contributed by atoms with E-state index in [0.717, 1.165) is 26.2 Å². The van der Waals surface area contributed by atoms with Crippen LogP contribution in [0.3, 0.4) is 0 Å². The highest BCUT2D eigenvalue weighted by atomic mass is 79.9. The van der Waals surface area contributed by atoms with E-state index in [2.05, 4.69) is 76.9 Å². The van der Waals surface area contributed by atoms with Crippen LogP contribution in [0, 0.1) is 0 Å². The van der Waals surface area contributed by atoms with Crippen molar-refractivity contribution in [2.75, 3.05) is 30.3 Å². The molecule has 0 spiro atoms. The second-order valence-electron chi connectivity index (χ2n) is 5.98. The van der Waals surface area contributed by atoms with E-state index < -0.39 is 0 Å². The first-order valence-corrected chi connectivity index (χ1v) is 9.18. The van der Waals surface area contributed by atoms with Gasteiger partial charge in [0, 0.05) is 40.3 Å². The van der Waals surface area contributed by atoms with Crippen molar-refractivity contribution in [2.24, 2.45) is 0 Å². The molecule has 0 atom stereocenters. The third-order valence-electron chi connectivity index (χ3n) is 3.56. The maximum atomic E-state index is 3.62. The summed E-state index contributed by atoms with van der Waals surface area (Å²) in [5.41, 5.74) is 2.79. The summed E-state index contributed by atoms with van der Waals surface area (Å²) in [5.74, 6) is 1.21. The normalized spacial score (nSPS) is 18.3. The van der Waals surface area contributed by atoms with Gasteiger partial charge in [-0.15, -0.1) is 0 Å². The van der Waals surface area contributed by atoms with Crippen LogP contribution in [-0.2, 0) is 6.54 Å². The standard InChI is InChI=1S/C16H25BrN2S/c1-4-7-18-11-13-5-6-14(17)10-15(13)19-8-9-20-16(2,3)12-19/h5-6,10,18H,4,7-9,11-12H2,1-3H3. The van der Waals surface area contributed by atoms with E-state index in [0.29, 0.717) is 4.75 Å². The molecule has 2 rings (SSSR count). The Bertz CT molecular complexity index is 448. The lowest BCUT2D eigenvalue weighted by Gasteiger charge is -2.40. The molecule has 0 bridgehead atoms. The molecule has 2 nitrogen and oxygen atoms in total. The molecule has 1 fully saturated rings. The Morgan fingerprint density at radius 1 is 1.40 bits per heavy atom. The number of nitrogens with zero attached hydrogens (tertiary/aromatic N) is 1. The highest BCUT2D eigenvalue weighted by molar-refractivity contribution is 9.10. The molecule has 1 saturated heterocycles. The molecule has 1 aliphatic heterocycles. The molecule has 112 valence electrons. The number of nitrogens with one attached hydrogen (secondary N) is 1. The number of hydrogen-bond donors (Lipinski definition) is 1. The van der Waals surface area contributed by atoms with E-state index >= 15 is 0 Å². The number of benzene rings is 1. The van der Waals surface area contributed by atoms with Crippen molar-refractivity contribution in [3.8, 4) is 0 Å². The van der Waals surface area contributed by atoms with Gasteiger partial charge in [0.25, 0.3) is 0 Å². The van der Waals surface area contributed by atoms with Crippen LogP contribution >= 0.6 is 27.7 Å². The minimum Gasteiger partial charge on any atom is -0.369 e. The van der Waals surface area contributed by atoms with Gasteiger partial charge >= 0.3 is 0 Å². The van der Waals surface area contributed by atoms with Gasteiger partial charge in [-0.2, -0.15) is 11.8 Å². The van der Waals surface area contributed by atoms with E-state index in [1.165, 1.54) is 27.9 Å². The third kappa shape index (κ3) is 4.40. The highest BCUT2D eigenvalue weighted by Gasteiger charge is 2.28. The van der Waals surface area contributed by atoms with E-state index in [1.807, 2.05) is 0 Å². The Morgan fingerprint density at radius 3 is 2.90 bits per heavy atom. The van der Waals surface area contributed by atoms with E-state index in [-0.39, 0.29) is 0 Å². The smallest absolute Gasteiger partial charge is 0.0423 e. The van der Waals surface area contributed by atoms with Gasteiger partial charge in [-0.25, -0.2) is 0 Å². The molecular formula is C16H25BrN2S. The van der Waals surface area contributed by atoms with Crippen molar-refractivity contribution < 1.29 is 0 Å². The fourth-order valence-electron chi connectivity index (χ4n) is 2.60. The van der Waals surface area contributed by atoms with Crippen molar-refractivity contribution in [1.29, 1.82) is 0 Å². The van der Waals surface area contributed by atoms with Gasteiger partial charge < -0.3 is 10.2 Å². The van der Waals surface area contributed by atoms with Crippen LogP contribution in [0.1, 0.15) is 32.8 Å². The summed E-state index contributed by atoms with van der Waals surface area (Å²) in [6.07, 6.45) is 1.18. The van der Waals surface area contributed by atoms with Crippen LogP contribution in [0.2, 0.25) is 0 Å². The summed E-state index contributed by atoms with van der Waals surface area (Å²) >= 11 is 5.70. The Kier molecular flexibility index (Phi) is 5.82. The number of thioether (sulfide) groups is 1. The van der Waals surface area contributed by atoms with Crippen LogP contribution < -0.4 is 10.2 Å². The Labute approximate surface area is 135 Å². The van der Waals surface area contributed by atoms with Crippen molar-refractivity contribution >= 4 is 33.4 Å². The molecular weight excluding hydrogens is 332 g/mol. The fourth-order valence-corrected chi connectivity index (χ4v) is 4.06. The molecule has 0 unspecified atom stereocenters. The summed E-state index contributed by atoms with van der Waals surface area (Å²) in [7, 11) is 0. The molecule has 0 aliphatic carbocycles. The largest absolute Gasteiger partial charge is 0.369 e. The van der Waals surface area contributed by atoms with Crippen LogP contribution in [0.25, 0.3) is 0 Å². The molecule has 0 aromatic heterocycles. The van der Waals surface area contributed by atoms with Gasteiger partial charge in [0.05, 0.1) is 0 Å². The van der Waals surface area contributed by atoms with Crippen LogP contribution in [0.4, 0.5) is 5.69 Å². The molecule has 1 aliphatic rings. The minimum absolute atomic E-state index is 0.342. The second-order valence-corrected chi connectivity index (χ2v) is 8.70. The van der Waals surface area contributed by atoms with E-state index in [9.17, 15) is 0 Å². The molecule has 20 heavy (non-hydrogen) atoms. The predicted octanol–water partition coefficient (Wildman–Crippen LogP) is 4.28. The SMILES string of the molecule is CCCNCc1ccc(Br)cc1N1CCSC(C)(C)C1. The zero-order chi connectivity index (χ0) is 14.6. The van der Waals surface area contributed by atoms with Gasteiger partial charge in [0.15, 0.2) is 0 Å². The maximum absolute atomic E-state index is 3.62. The molecule has 0 radical (unpaired) electrons. The number of anilines is 1. The number of halogens is 1. The zero-order valence-electron chi connectivity index (χ0n) is 12.7. The average molecular weight is 357 g/mol. The first-order chi connectivity index (χ1) is 9.52. The highest BCUT2D eigenvalue weighted by Crippen LogP contribution is 2.34. The summed E-state index contributed by atoms with van der Waals surface area (Å²) in [4.78, 5) is 2.55. The second kappa shape index (κ2) is 7.19. The average Bonchev–Trinajstić information content (AvgIpc) is 2.39. The van der Waals surface area contributed by atoms with Crippen molar-refractivity contribution in [1.82, 2.24) is 5.32 Å². The molecule has 0 amide bonds. The molecule has 1 aromatic rings. The predicted molar refractivity (Wildman–Crippen MR) is 94.9 cm³/mol. The van der Waals surface area contributed by atoms with Gasteiger partial charge in [-0.1, -0.05) is 28.9 Å². The fraction of sp³-hybridized carbons (Fsp3) is 0.625. The van der Waals surface area contributed by atoms with E-state index in [1.54, 1.807) is 0 Å². The lowest BCUT2D eigenvalue weighted by atomic mass is 10.1. The maximum Gasteiger partial charge on any atom is 0.0423 e. The van der Waals surface area contributed by atoms with Gasteiger partial charge in [-0.3, -0.25) is 0 Å².